The van der Waals surface area contributed by atoms with E-state index in [2.05, 4.69) is 150 Å². The van der Waals surface area contributed by atoms with E-state index >= 15 is 0 Å². The number of hydrogen-bond donors (Lipinski definition) is 0. The van der Waals surface area contributed by atoms with Crippen LogP contribution in [0.1, 0.15) is 11.1 Å². The summed E-state index contributed by atoms with van der Waals surface area (Å²) in [5.74, 6) is 0. The van der Waals surface area contributed by atoms with E-state index in [1.807, 2.05) is 30.3 Å². The molecule has 8 aromatic carbocycles. The van der Waals surface area contributed by atoms with Gasteiger partial charge in [-0.2, -0.15) is 10.5 Å². The number of nitrogens with zero attached hydrogens (tertiary/aromatic N) is 3. The summed E-state index contributed by atoms with van der Waals surface area (Å²) in [6.45, 7) is 0. The molecule has 9 rings (SSSR count). The molecule has 0 amide bonds. The first-order valence-corrected chi connectivity index (χ1v) is 16.3. The molecule has 0 saturated carbocycles. The van der Waals surface area contributed by atoms with Crippen LogP contribution in [-0.4, -0.2) is 4.57 Å². The Morgan fingerprint density at radius 2 is 0.918 bits per heavy atom. The third-order valence-electron chi connectivity index (χ3n) is 9.62. The normalized spacial score (nSPS) is 11.2. The van der Waals surface area contributed by atoms with Crippen molar-refractivity contribution in [2.24, 2.45) is 0 Å². The topological polar surface area (TPSA) is 52.5 Å². The maximum Gasteiger partial charge on any atom is 0.0998 e. The summed E-state index contributed by atoms with van der Waals surface area (Å²) >= 11 is 0. The van der Waals surface area contributed by atoms with Crippen LogP contribution in [0.3, 0.4) is 0 Å². The van der Waals surface area contributed by atoms with Crippen LogP contribution in [0.2, 0.25) is 0 Å². The molecular weight excluding hydrogens is 595 g/mol. The second-order valence-corrected chi connectivity index (χ2v) is 12.3. The molecule has 9 aromatic rings. The molecule has 1 aromatic heterocycles. The quantitative estimate of drug-likeness (QED) is 0.184. The molecule has 0 fully saturated rings. The first-order chi connectivity index (χ1) is 24.2. The largest absolute Gasteiger partial charge is 0.309 e. The van der Waals surface area contributed by atoms with Gasteiger partial charge in [0, 0.05) is 22.0 Å². The maximum absolute atomic E-state index is 10.5. The Kier molecular flexibility index (Phi) is 6.58. The summed E-state index contributed by atoms with van der Waals surface area (Å²) in [6.07, 6.45) is 0. The summed E-state index contributed by atoms with van der Waals surface area (Å²) < 4.78 is 2.24. The van der Waals surface area contributed by atoms with Crippen molar-refractivity contribution in [3.05, 3.63) is 175 Å². The second-order valence-electron chi connectivity index (χ2n) is 12.3. The third-order valence-corrected chi connectivity index (χ3v) is 9.62. The predicted octanol–water partition coefficient (Wildman–Crippen LogP) is 11.8. The fraction of sp³-hybridized carbons (Fsp3) is 0. The van der Waals surface area contributed by atoms with Crippen molar-refractivity contribution >= 4 is 43.4 Å². The Bertz CT molecular complexity index is 2740. The third kappa shape index (κ3) is 4.49. The van der Waals surface area contributed by atoms with Gasteiger partial charge in [0.05, 0.1) is 34.3 Å². The van der Waals surface area contributed by atoms with E-state index in [9.17, 15) is 10.5 Å². The van der Waals surface area contributed by atoms with Crippen molar-refractivity contribution in [1.82, 2.24) is 4.57 Å². The zero-order chi connectivity index (χ0) is 32.9. The van der Waals surface area contributed by atoms with Gasteiger partial charge in [-0.1, -0.05) is 121 Å². The summed E-state index contributed by atoms with van der Waals surface area (Å²) in [6, 6.07) is 61.3. The number of hydrogen-bond acceptors (Lipinski definition) is 2. The van der Waals surface area contributed by atoms with Gasteiger partial charge in [0.1, 0.15) is 0 Å². The Hall–Kier alpha value is -6.94. The van der Waals surface area contributed by atoms with Crippen molar-refractivity contribution in [3.63, 3.8) is 0 Å². The zero-order valence-electron chi connectivity index (χ0n) is 26.4. The van der Waals surface area contributed by atoms with E-state index in [0.29, 0.717) is 11.1 Å². The predicted molar refractivity (Wildman–Crippen MR) is 202 cm³/mol. The molecule has 0 aliphatic heterocycles. The molecule has 0 bridgehead atoms. The molecule has 0 aliphatic carbocycles. The minimum absolute atomic E-state index is 0.573. The second kappa shape index (κ2) is 11.4. The highest BCUT2D eigenvalue weighted by Crippen LogP contribution is 2.45. The van der Waals surface area contributed by atoms with Gasteiger partial charge in [0.15, 0.2) is 0 Å². The number of nitriles is 2. The molecule has 0 atom stereocenters. The van der Waals surface area contributed by atoms with Gasteiger partial charge in [-0.3, -0.25) is 0 Å². The van der Waals surface area contributed by atoms with Crippen LogP contribution >= 0.6 is 0 Å². The lowest BCUT2D eigenvalue weighted by Gasteiger charge is -2.19. The highest BCUT2D eigenvalue weighted by Gasteiger charge is 2.20. The van der Waals surface area contributed by atoms with Crippen LogP contribution in [0.15, 0.2) is 164 Å². The molecule has 49 heavy (non-hydrogen) atoms. The average molecular weight is 622 g/mol. The van der Waals surface area contributed by atoms with Crippen LogP contribution in [0, 0.1) is 22.7 Å². The molecule has 0 unspecified atom stereocenters. The van der Waals surface area contributed by atoms with E-state index in [-0.39, 0.29) is 0 Å². The standard InChI is InChI=1S/C46H27N3/c47-28-30-24-34(26-35(25-30)49-43-20-10-8-14-36(43)37-15-9-11-21-44(37)49)32-22-23-33(29-48)42(27-32)46-40-18-6-4-16-38(40)45(31-12-2-1-3-13-31)39-17-5-7-19-41(39)46/h1-27H. The molecule has 1 heterocycles. The van der Waals surface area contributed by atoms with E-state index in [1.54, 1.807) is 0 Å². The van der Waals surface area contributed by atoms with Gasteiger partial charge in [0.25, 0.3) is 0 Å². The first kappa shape index (κ1) is 28.3. The van der Waals surface area contributed by atoms with Gasteiger partial charge in [-0.25, -0.2) is 0 Å². The molecule has 226 valence electrons. The number of rotatable bonds is 4. The van der Waals surface area contributed by atoms with Crippen LogP contribution in [0.4, 0.5) is 0 Å². The molecule has 0 N–H and O–H groups in total. The minimum Gasteiger partial charge on any atom is -0.309 e. The number of fused-ring (bicyclic) bond motifs is 5. The molecule has 0 spiro atoms. The Morgan fingerprint density at radius 3 is 1.49 bits per heavy atom. The summed E-state index contributed by atoms with van der Waals surface area (Å²) in [7, 11) is 0. The van der Waals surface area contributed by atoms with Crippen LogP contribution in [-0.2, 0) is 0 Å². The maximum atomic E-state index is 10.5. The average Bonchev–Trinajstić information content (AvgIpc) is 3.51. The fourth-order valence-corrected chi connectivity index (χ4v) is 7.53. The highest BCUT2D eigenvalue weighted by atomic mass is 15.0. The number of para-hydroxylation sites is 2. The van der Waals surface area contributed by atoms with Crippen LogP contribution < -0.4 is 0 Å². The molecular formula is C46H27N3. The van der Waals surface area contributed by atoms with Crippen LogP contribution in [0.25, 0.3) is 82.4 Å². The van der Waals surface area contributed by atoms with Gasteiger partial charge in [0.2, 0.25) is 0 Å². The van der Waals surface area contributed by atoms with Crippen molar-refractivity contribution in [2.45, 2.75) is 0 Å². The zero-order valence-corrected chi connectivity index (χ0v) is 26.4. The Balaban J connectivity index is 1.31. The van der Waals surface area contributed by atoms with Crippen molar-refractivity contribution in [1.29, 1.82) is 10.5 Å². The van der Waals surface area contributed by atoms with E-state index in [0.717, 1.165) is 66.1 Å². The molecule has 3 nitrogen and oxygen atoms in total. The lowest BCUT2D eigenvalue weighted by Crippen LogP contribution is -1.96. The van der Waals surface area contributed by atoms with Gasteiger partial charge < -0.3 is 4.57 Å². The van der Waals surface area contributed by atoms with Gasteiger partial charge in [-0.05, 0) is 91.8 Å². The monoisotopic (exact) mass is 621 g/mol. The summed E-state index contributed by atoms with van der Waals surface area (Å²) in [5, 5.41) is 27.5. The Labute approximate surface area is 283 Å². The Morgan fingerprint density at radius 1 is 0.388 bits per heavy atom. The van der Waals surface area contributed by atoms with E-state index in [1.165, 1.54) is 16.3 Å². The number of aromatic nitrogens is 1. The minimum atomic E-state index is 0.573. The smallest absolute Gasteiger partial charge is 0.0998 e. The van der Waals surface area contributed by atoms with Crippen molar-refractivity contribution in [2.75, 3.05) is 0 Å². The van der Waals surface area contributed by atoms with E-state index < -0.39 is 0 Å². The molecule has 0 aliphatic rings. The number of benzene rings is 8. The lowest BCUT2D eigenvalue weighted by atomic mass is 9.84. The SMILES string of the molecule is N#Cc1cc(-c2ccc(C#N)c(-c3c4ccccc4c(-c4ccccc4)c4ccccc34)c2)cc(-n2c3ccccc3c3ccccc32)c1. The molecule has 0 radical (unpaired) electrons. The molecule has 3 heteroatoms. The lowest BCUT2D eigenvalue weighted by molar-refractivity contribution is 1.18. The first-order valence-electron chi connectivity index (χ1n) is 16.3. The van der Waals surface area contributed by atoms with Gasteiger partial charge in [-0.15, -0.1) is 0 Å². The summed E-state index contributed by atoms with van der Waals surface area (Å²) in [5.41, 5.74) is 10.3. The van der Waals surface area contributed by atoms with E-state index in [4.69, 9.17) is 0 Å². The highest BCUT2D eigenvalue weighted by molar-refractivity contribution is 6.22. The van der Waals surface area contributed by atoms with Crippen molar-refractivity contribution in [3.8, 4) is 51.2 Å². The van der Waals surface area contributed by atoms with Crippen molar-refractivity contribution < 1.29 is 0 Å². The van der Waals surface area contributed by atoms with Crippen LogP contribution in [0.5, 0.6) is 0 Å². The fourth-order valence-electron chi connectivity index (χ4n) is 7.53. The van der Waals surface area contributed by atoms with Gasteiger partial charge >= 0.3 is 0 Å². The molecule has 0 saturated heterocycles. The summed E-state index contributed by atoms with van der Waals surface area (Å²) in [4.78, 5) is 0.